The zero-order valence-electron chi connectivity index (χ0n) is 13.0. The summed E-state index contributed by atoms with van der Waals surface area (Å²) in [6.07, 6.45) is 6.60. The first-order valence-electron chi connectivity index (χ1n) is 7.93. The number of hydrogen-bond donors (Lipinski definition) is 1. The van der Waals surface area contributed by atoms with E-state index in [9.17, 15) is 0 Å². The molecule has 1 aromatic carbocycles. The minimum Gasteiger partial charge on any atom is -0.329 e. The molecule has 1 aliphatic rings. The van der Waals surface area contributed by atoms with E-state index in [1.807, 2.05) is 12.1 Å². The number of hydrogen-bond acceptors (Lipinski definition) is 2. The molecule has 2 nitrogen and oxygen atoms in total. The van der Waals surface area contributed by atoms with Crippen LogP contribution in [0.4, 0.5) is 0 Å². The van der Waals surface area contributed by atoms with Crippen LogP contribution >= 0.6 is 27.5 Å². The van der Waals surface area contributed by atoms with E-state index in [1.54, 1.807) is 0 Å². The van der Waals surface area contributed by atoms with Crippen LogP contribution in [-0.2, 0) is 0 Å². The molecule has 0 spiro atoms. The molecular formula is C17H26BrClN2. The minimum atomic E-state index is 0.249. The largest absolute Gasteiger partial charge is 0.329 e. The number of rotatable bonds is 5. The molecule has 1 atom stereocenters. The van der Waals surface area contributed by atoms with Crippen molar-refractivity contribution in [3.8, 4) is 0 Å². The van der Waals surface area contributed by atoms with E-state index in [2.05, 4.69) is 40.9 Å². The number of nitrogens with two attached hydrogens (primary N) is 1. The molecule has 0 radical (unpaired) electrons. The Morgan fingerprint density at radius 1 is 1.33 bits per heavy atom. The molecule has 2 rings (SSSR count). The van der Waals surface area contributed by atoms with Crippen molar-refractivity contribution in [2.45, 2.75) is 51.1 Å². The van der Waals surface area contributed by atoms with Gasteiger partial charge in [0.05, 0.1) is 5.02 Å². The molecule has 21 heavy (non-hydrogen) atoms. The topological polar surface area (TPSA) is 29.3 Å². The van der Waals surface area contributed by atoms with Crippen molar-refractivity contribution in [2.75, 3.05) is 13.6 Å². The highest BCUT2D eigenvalue weighted by molar-refractivity contribution is 9.10. The molecule has 0 heterocycles. The van der Waals surface area contributed by atoms with E-state index >= 15 is 0 Å². The lowest BCUT2D eigenvalue weighted by molar-refractivity contribution is 0.122. The Kier molecular flexibility index (Phi) is 6.54. The van der Waals surface area contributed by atoms with Crippen LogP contribution in [0.15, 0.2) is 22.7 Å². The molecule has 1 saturated carbocycles. The fourth-order valence-corrected chi connectivity index (χ4v) is 3.91. The molecule has 0 amide bonds. The normalized spacial score (nSPS) is 24.3. The van der Waals surface area contributed by atoms with Crippen LogP contribution in [0.25, 0.3) is 0 Å². The second-order valence-electron chi connectivity index (χ2n) is 6.17. The standard InChI is InChI=1S/C17H26BrClN2/c1-3-12-4-7-14(8-5-12)21(2)17(11-20)13-6-9-15(18)16(19)10-13/h6,9-10,12,14,17H,3-5,7-8,11,20H2,1-2H3. The highest BCUT2D eigenvalue weighted by Gasteiger charge is 2.27. The Balaban J connectivity index is 2.08. The Morgan fingerprint density at radius 3 is 2.52 bits per heavy atom. The Morgan fingerprint density at radius 2 is 2.00 bits per heavy atom. The van der Waals surface area contributed by atoms with E-state index in [4.69, 9.17) is 17.3 Å². The lowest BCUT2D eigenvalue weighted by Crippen LogP contribution is -2.40. The SMILES string of the molecule is CCC1CCC(N(C)C(CN)c2ccc(Br)c(Cl)c2)CC1. The zero-order valence-corrected chi connectivity index (χ0v) is 15.3. The fourth-order valence-electron chi connectivity index (χ4n) is 3.47. The Labute approximate surface area is 142 Å². The summed E-state index contributed by atoms with van der Waals surface area (Å²) in [6, 6.07) is 7.07. The van der Waals surface area contributed by atoms with Crippen molar-refractivity contribution in [3.63, 3.8) is 0 Å². The van der Waals surface area contributed by atoms with Crippen molar-refractivity contribution in [3.05, 3.63) is 33.3 Å². The molecule has 1 unspecified atom stereocenters. The third-order valence-electron chi connectivity index (χ3n) is 5.01. The third kappa shape index (κ3) is 4.22. The van der Waals surface area contributed by atoms with Gasteiger partial charge in [-0.3, -0.25) is 4.90 Å². The van der Waals surface area contributed by atoms with Crippen LogP contribution in [0.3, 0.4) is 0 Å². The van der Waals surface area contributed by atoms with E-state index in [1.165, 1.54) is 37.7 Å². The summed E-state index contributed by atoms with van der Waals surface area (Å²) in [6.45, 7) is 2.93. The maximum atomic E-state index is 6.24. The second-order valence-corrected chi connectivity index (χ2v) is 7.43. The van der Waals surface area contributed by atoms with E-state index < -0.39 is 0 Å². The van der Waals surface area contributed by atoms with Gasteiger partial charge in [0.25, 0.3) is 0 Å². The molecule has 2 N–H and O–H groups in total. The first kappa shape index (κ1) is 17.3. The summed E-state index contributed by atoms with van der Waals surface area (Å²) in [7, 11) is 2.21. The van der Waals surface area contributed by atoms with Gasteiger partial charge in [-0.15, -0.1) is 0 Å². The van der Waals surface area contributed by atoms with Crippen molar-refractivity contribution >= 4 is 27.5 Å². The lowest BCUT2D eigenvalue weighted by atomic mass is 9.83. The van der Waals surface area contributed by atoms with Crippen LogP contribution in [0.2, 0.25) is 5.02 Å². The average Bonchev–Trinajstić information content (AvgIpc) is 2.51. The average molecular weight is 374 g/mol. The maximum absolute atomic E-state index is 6.24. The predicted octanol–water partition coefficient (Wildman–Crippen LogP) is 5.00. The molecule has 0 bridgehead atoms. The van der Waals surface area contributed by atoms with Gasteiger partial charge in [-0.2, -0.15) is 0 Å². The van der Waals surface area contributed by atoms with Gasteiger partial charge in [-0.05, 0) is 72.3 Å². The first-order valence-corrected chi connectivity index (χ1v) is 9.10. The smallest absolute Gasteiger partial charge is 0.0551 e. The molecule has 0 aliphatic heterocycles. The van der Waals surface area contributed by atoms with Crippen LogP contribution in [0.1, 0.15) is 50.6 Å². The third-order valence-corrected chi connectivity index (χ3v) is 6.25. The fraction of sp³-hybridized carbons (Fsp3) is 0.647. The van der Waals surface area contributed by atoms with Gasteiger partial charge >= 0.3 is 0 Å². The molecule has 0 saturated heterocycles. The van der Waals surface area contributed by atoms with Crippen LogP contribution in [0.5, 0.6) is 0 Å². The summed E-state index contributed by atoms with van der Waals surface area (Å²) in [5.41, 5.74) is 7.27. The van der Waals surface area contributed by atoms with Gasteiger partial charge in [0.2, 0.25) is 0 Å². The summed E-state index contributed by atoms with van der Waals surface area (Å²) >= 11 is 9.69. The van der Waals surface area contributed by atoms with E-state index in [0.29, 0.717) is 12.6 Å². The van der Waals surface area contributed by atoms with Crippen molar-refractivity contribution in [1.82, 2.24) is 4.90 Å². The molecule has 0 aromatic heterocycles. The number of nitrogens with zero attached hydrogens (tertiary/aromatic N) is 1. The van der Waals surface area contributed by atoms with Gasteiger partial charge < -0.3 is 5.73 Å². The van der Waals surface area contributed by atoms with Crippen molar-refractivity contribution in [1.29, 1.82) is 0 Å². The molecule has 1 fully saturated rings. The van der Waals surface area contributed by atoms with Crippen molar-refractivity contribution in [2.24, 2.45) is 11.7 Å². The van der Waals surface area contributed by atoms with Gasteiger partial charge in [0.1, 0.15) is 0 Å². The lowest BCUT2D eigenvalue weighted by Gasteiger charge is -2.39. The quantitative estimate of drug-likeness (QED) is 0.786. The van der Waals surface area contributed by atoms with Crippen LogP contribution in [-0.4, -0.2) is 24.5 Å². The number of halogens is 2. The highest BCUT2D eigenvalue weighted by atomic mass is 79.9. The maximum Gasteiger partial charge on any atom is 0.0551 e. The molecule has 1 aromatic rings. The second kappa shape index (κ2) is 7.96. The summed E-state index contributed by atoms with van der Waals surface area (Å²) in [5.74, 6) is 0.924. The summed E-state index contributed by atoms with van der Waals surface area (Å²) in [5, 5.41) is 0.758. The number of likely N-dealkylation sites (N-methyl/N-ethyl adjacent to an activating group) is 1. The van der Waals surface area contributed by atoms with Gasteiger partial charge in [-0.25, -0.2) is 0 Å². The molecule has 118 valence electrons. The summed E-state index contributed by atoms with van der Waals surface area (Å²) < 4.78 is 0.940. The monoisotopic (exact) mass is 372 g/mol. The minimum absolute atomic E-state index is 0.249. The predicted molar refractivity (Wildman–Crippen MR) is 94.7 cm³/mol. The highest BCUT2D eigenvalue weighted by Crippen LogP contribution is 2.34. The van der Waals surface area contributed by atoms with Gasteiger partial charge in [-0.1, -0.05) is 31.0 Å². The molecular weight excluding hydrogens is 348 g/mol. The van der Waals surface area contributed by atoms with E-state index in [-0.39, 0.29) is 6.04 Å². The first-order chi connectivity index (χ1) is 10.1. The summed E-state index contributed by atoms with van der Waals surface area (Å²) in [4.78, 5) is 2.46. The van der Waals surface area contributed by atoms with E-state index in [0.717, 1.165) is 15.4 Å². The zero-order chi connectivity index (χ0) is 15.4. The van der Waals surface area contributed by atoms with Gasteiger partial charge in [0.15, 0.2) is 0 Å². The molecule has 1 aliphatic carbocycles. The van der Waals surface area contributed by atoms with Crippen molar-refractivity contribution < 1.29 is 0 Å². The Hall–Kier alpha value is -0.0900. The Bertz CT molecular complexity index is 458. The van der Waals surface area contributed by atoms with Gasteiger partial charge in [0, 0.05) is 23.1 Å². The molecule has 4 heteroatoms. The van der Waals surface area contributed by atoms with Crippen LogP contribution in [0, 0.1) is 5.92 Å². The number of benzene rings is 1. The van der Waals surface area contributed by atoms with Crippen LogP contribution < -0.4 is 5.73 Å².